The Hall–Kier alpha value is -0.830. The van der Waals surface area contributed by atoms with Crippen LogP contribution in [-0.2, 0) is 4.74 Å². The minimum absolute atomic E-state index is 0.733. The molecule has 15 heavy (non-hydrogen) atoms. The summed E-state index contributed by atoms with van der Waals surface area (Å²) >= 11 is 0. The average molecular weight is 214 g/mol. The molecule has 0 aliphatic carbocycles. The van der Waals surface area contributed by atoms with Gasteiger partial charge in [-0.15, -0.1) is 0 Å². The molecule has 0 N–H and O–H groups in total. The summed E-state index contributed by atoms with van der Waals surface area (Å²) in [7, 11) is 3.73. The van der Waals surface area contributed by atoms with Gasteiger partial charge in [-0.2, -0.15) is 0 Å². The zero-order valence-electron chi connectivity index (χ0n) is 11.1. The van der Waals surface area contributed by atoms with Crippen LogP contribution in [-0.4, -0.2) is 38.4 Å². The zero-order chi connectivity index (χ0) is 12.1. The molecule has 0 fully saturated rings. The van der Waals surface area contributed by atoms with Crippen molar-refractivity contribution in [1.82, 2.24) is 4.90 Å². The number of likely N-dealkylation sites (N-methyl/N-ethyl adjacent to an activating group) is 1. The lowest BCUT2D eigenvalue weighted by Gasteiger charge is -2.18. The fourth-order valence-electron chi connectivity index (χ4n) is 0.965. The Morgan fingerprint density at radius 1 is 1.40 bits per heavy atom. The molecule has 90 valence electrons. The van der Waals surface area contributed by atoms with Crippen LogP contribution >= 0.6 is 0 Å². The lowest BCUT2D eigenvalue weighted by molar-refractivity contribution is 0.173. The molecule has 0 bridgehead atoms. The number of nitrogens with zero attached hydrogens (tertiary/aromatic N) is 2. The van der Waals surface area contributed by atoms with E-state index in [4.69, 9.17) is 4.74 Å². The first-order chi connectivity index (χ1) is 7.26. The highest BCUT2D eigenvalue weighted by Gasteiger charge is 2.00. The summed E-state index contributed by atoms with van der Waals surface area (Å²) in [5.74, 6) is 1.02. The molecule has 0 aliphatic rings. The second kappa shape index (κ2) is 13.2. The third-order valence-electron chi connectivity index (χ3n) is 1.67. The summed E-state index contributed by atoms with van der Waals surface area (Å²) in [5.41, 5.74) is 0. The Balaban J connectivity index is 0. The summed E-state index contributed by atoms with van der Waals surface area (Å²) in [4.78, 5) is 6.36. The monoisotopic (exact) mass is 214 g/mol. The Bertz CT molecular complexity index is 176. The van der Waals surface area contributed by atoms with E-state index in [-0.39, 0.29) is 0 Å². The highest BCUT2D eigenvalue weighted by atomic mass is 16.5. The van der Waals surface area contributed by atoms with E-state index in [2.05, 4.69) is 22.9 Å². The lowest BCUT2D eigenvalue weighted by Crippen LogP contribution is -2.21. The van der Waals surface area contributed by atoms with E-state index in [0.717, 1.165) is 25.4 Å². The van der Waals surface area contributed by atoms with E-state index < -0.39 is 0 Å². The highest BCUT2D eigenvalue weighted by Crippen LogP contribution is 2.03. The van der Waals surface area contributed by atoms with Gasteiger partial charge in [-0.3, -0.25) is 0 Å². The second-order valence-corrected chi connectivity index (χ2v) is 2.77. The molecule has 3 nitrogen and oxygen atoms in total. The van der Waals surface area contributed by atoms with Crippen LogP contribution in [0, 0.1) is 0 Å². The van der Waals surface area contributed by atoms with Gasteiger partial charge in [0.15, 0.2) is 0 Å². The van der Waals surface area contributed by atoms with Crippen LogP contribution in [0.4, 0.5) is 0 Å². The predicted octanol–water partition coefficient (Wildman–Crippen LogP) is 2.93. The largest absolute Gasteiger partial charge is 0.383 e. The van der Waals surface area contributed by atoms with E-state index in [1.807, 2.05) is 34.0 Å². The standard InChI is InChI=1S/C10H20N2O.C2H6/c1-5-7-10(11-6-2)12(3)8-9-13-4;1-2/h6-7H,5,8-9H2,1-4H3;1-2H3/b10-7+,11-6-;. The van der Waals surface area contributed by atoms with Gasteiger partial charge in [0.1, 0.15) is 5.82 Å². The molecule has 0 aliphatic heterocycles. The Kier molecular flexibility index (Phi) is 14.6. The quantitative estimate of drug-likeness (QED) is 0.635. The van der Waals surface area contributed by atoms with E-state index in [1.54, 1.807) is 7.11 Å². The molecule has 0 aromatic carbocycles. The van der Waals surface area contributed by atoms with Gasteiger partial charge in [-0.25, -0.2) is 4.99 Å². The van der Waals surface area contributed by atoms with Crippen LogP contribution in [0.25, 0.3) is 0 Å². The number of rotatable bonds is 6. The summed E-state index contributed by atoms with van der Waals surface area (Å²) in [5, 5.41) is 0. The molecule has 0 rings (SSSR count). The fraction of sp³-hybridized carbons (Fsp3) is 0.750. The molecule has 0 saturated heterocycles. The average Bonchev–Trinajstić information content (AvgIpc) is 2.28. The molecule has 3 heteroatoms. The van der Waals surface area contributed by atoms with Crippen molar-refractivity contribution in [2.24, 2.45) is 4.99 Å². The maximum absolute atomic E-state index is 5.00. The SMILES string of the molecule is C/C=N\C(=C/CC)N(C)CCOC.CC. The van der Waals surface area contributed by atoms with Crippen molar-refractivity contribution in [1.29, 1.82) is 0 Å². The highest BCUT2D eigenvalue weighted by molar-refractivity contribution is 5.55. The smallest absolute Gasteiger partial charge is 0.123 e. The molecule has 0 atom stereocenters. The van der Waals surface area contributed by atoms with Gasteiger partial charge in [0, 0.05) is 26.9 Å². The maximum Gasteiger partial charge on any atom is 0.123 e. The van der Waals surface area contributed by atoms with Gasteiger partial charge >= 0.3 is 0 Å². The molecule has 0 saturated carbocycles. The normalized spacial score (nSPS) is 11.2. The number of allylic oxidation sites excluding steroid dienone is 1. The van der Waals surface area contributed by atoms with Crippen molar-refractivity contribution in [3.8, 4) is 0 Å². The fourth-order valence-corrected chi connectivity index (χ4v) is 0.965. The summed E-state index contributed by atoms with van der Waals surface area (Å²) in [6.45, 7) is 9.64. The molecular formula is C12H26N2O. The molecule has 0 aromatic heterocycles. The first-order valence-electron chi connectivity index (χ1n) is 5.65. The van der Waals surface area contributed by atoms with Gasteiger partial charge in [-0.1, -0.05) is 20.8 Å². The minimum atomic E-state index is 0.733. The lowest BCUT2D eigenvalue weighted by atomic mass is 10.4. The van der Waals surface area contributed by atoms with Crippen molar-refractivity contribution < 1.29 is 4.74 Å². The molecule has 0 aromatic rings. The van der Waals surface area contributed by atoms with Crippen molar-refractivity contribution in [2.75, 3.05) is 27.3 Å². The van der Waals surface area contributed by atoms with Crippen LogP contribution in [0.5, 0.6) is 0 Å². The van der Waals surface area contributed by atoms with Crippen LogP contribution in [0.1, 0.15) is 34.1 Å². The van der Waals surface area contributed by atoms with Crippen LogP contribution < -0.4 is 0 Å². The topological polar surface area (TPSA) is 24.8 Å². The molecule has 0 spiro atoms. The van der Waals surface area contributed by atoms with E-state index in [9.17, 15) is 0 Å². The van der Waals surface area contributed by atoms with Crippen molar-refractivity contribution >= 4 is 6.21 Å². The Labute approximate surface area is 94.8 Å². The maximum atomic E-state index is 5.00. The zero-order valence-corrected chi connectivity index (χ0v) is 11.1. The summed E-state index contributed by atoms with van der Waals surface area (Å²) in [6.07, 6.45) is 4.92. The predicted molar refractivity (Wildman–Crippen MR) is 68.4 cm³/mol. The van der Waals surface area contributed by atoms with Crippen molar-refractivity contribution in [3.63, 3.8) is 0 Å². The summed E-state index contributed by atoms with van der Waals surface area (Å²) in [6, 6.07) is 0. The number of methoxy groups -OCH3 is 1. The number of hydrogen-bond acceptors (Lipinski definition) is 3. The van der Waals surface area contributed by atoms with E-state index in [0.29, 0.717) is 0 Å². The molecule has 0 heterocycles. The first kappa shape index (κ1) is 16.6. The third-order valence-corrected chi connectivity index (χ3v) is 1.67. The van der Waals surface area contributed by atoms with Crippen LogP contribution in [0.3, 0.4) is 0 Å². The molecule has 0 unspecified atom stereocenters. The van der Waals surface area contributed by atoms with E-state index in [1.165, 1.54) is 0 Å². The molecule has 0 radical (unpaired) electrons. The van der Waals surface area contributed by atoms with Crippen LogP contribution in [0.15, 0.2) is 16.9 Å². The van der Waals surface area contributed by atoms with Gasteiger partial charge in [-0.05, 0) is 19.4 Å². The van der Waals surface area contributed by atoms with Gasteiger partial charge < -0.3 is 9.64 Å². The van der Waals surface area contributed by atoms with Gasteiger partial charge in [0.05, 0.1) is 6.61 Å². The number of aliphatic imine (C=N–C) groups is 1. The second-order valence-electron chi connectivity index (χ2n) is 2.77. The van der Waals surface area contributed by atoms with Gasteiger partial charge in [0.2, 0.25) is 0 Å². The number of ether oxygens (including phenoxy) is 1. The minimum Gasteiger partial charge on any atom is -0.383 e. The first-order valence-corrected chi connectivity index (χ1v) is 5.65. The van der Waals surface area contributed by atoms with Crippen molar-refractivity contribution in [3.05, 3.63) is 11.9 Å². The summed E-state index contributed by atoms with van der Waals surface area (Å²) < 4.78 is 5.00. The molecular weight excluding hydrogens is 188 g/mol. The third kappa shape index (κ3) is 9.47. The molecule has 0 amide bonds. The Morgan fingerprint density at radius 2 is 2.00 bits per heavy atom. The number of hydrogen-bond donors (Lipinski definition) is 0. The van der Waals surface area contributed by atoms with E-state index >= 15 is 0 Å². The van der Waals surface area contributed by atoms with Crippen molar-refractivity contribution in [2.45, 2.75) is 34.1 Å². The van der Waals surface area contributed by atoms with Crippen LogP contribution in [0.2, 0.25) is 0 Å². The Morgan fingerprint density at radius 3 is 2.40 bits per heavy atom. The van der Waals surface area contributed by atoms with Gasteiger partial charge in [0.25, 0.3) is 0 Å².